The van der Waals surface area contributed by atoms with E-state index in [0.29, 0.717) is 12.8 Å². The Kier molecular flexibility index (Phi) is 37.2. The minimum absolute atomic E-state index is 0.175. The second kappa shape index (κ2) is 40.0. The van der Waals surface area contributed by atoms with E-state index in [2.05, 4.69) is 111 Å². The van der Waals surface area contributed by atoms with Crippen molar-refractivity contribution < 1.29 is 24.2 Å². The number of hydrogen-bond acceptors (Lipinski definition) is 5. The summed E-state index contributed by atoms with van der Waals surface area (Å²) in [6.45, 7) is 4.10. The molecule has 50 heavy (non-hydrogen) atoms. The van der Waals surface area contributed by atoms with Gasteiger partial charge in [0.15, 0.2) is 0 Å². The van der Waals surface area contributed by atoms with Crippen molar-refractivity contribution in [3.63, 3.8) is 0 Å². The second-order valence-corrected chi connectivity index (χ2v) is 12.3. The maximum atomic E-state index is 11.9. The number of ether oxygens (including phenoxy) is 2. The third kappa shape index (κ3) is 39.0. The van der Waals surface area contributed by atoms with Gasteiger partial charge in [-0.25, -0.2) is 0 Å². The van der Waals surface area contributed by atoms with Crippen molar-refractivity contribution in [3.8, 4) is 0 Å². The Balaban J connectivity index is 3.70. The van der Waals surface area contributed by atoms with Gasteiger partial charge in [-0.2, -0.15) is 0 Å². The van der Waals surface area contributed by atoms with Gasteiger partial charge in [0, 0.05) is 12.8 Å². The van der Waals surface area contributed by atoms with E-state index in [1.807, 2.05) is 12.2 Å². The molecule has 0 amide bonds. The minimum atomic E-state index is -1.02. The highest BCUT2D eigenvalue weighted by molar-refractivity contribution is 5.70. The third-order valence-corrected chi connectivity index (χ3v) is 7.49. The van der Waals surface area contributed by atoms with E-state index in [-0.39, 0.29) is 38.0 Å². The average Bonchev–Trinajstić information content (AvgIpc) is 3.12. The zero-order valence-electron chi connectivity index (χ0n) is 31.6. The molecule has 0 rings (SSSR count). The molecule has 5 nitrogen and oxygen atoms in total. The monoisotopic (exact) mass is 691 g/mol. The molecule has 0 aliphatic rings. The van der Waals surface area contributed by atoms with Gasteiger partial charge in [-0.15, -0.1) is 0 Å². The molecule has 0 fully saturated rings. The molecule has 0 saturated carbocycles. The van der Waals surface area contributed by atoms with Crippen LogP contribution in [-0.2, 0) is 19.1 Å². The summed E-state index contributed by atoms with van der Waals surface area (Å²) < 4.78 is 10.2. The zero-order chi connectivity index (χ0) is 36.4. The number of carbonyl (C=O) groups excluding carboxylic acids is 2. The highest BCUT2D eigenvalue weighted by atomic mass is 16.6. The van der Waals surface area contributed by atoms with Crippen LogP contribution >= 0.6 is 0 Å². The fourth-order valence-corrected chi connectivity index (χ4v) is 4.53. The first kappa shape index (κ1) is 46.6. The van der Waals surface area contributed by atoms with Gasteiger partial charge in [-0.3, -0.25) is 9.59 Å². The predicted octanol–water partition coefficient (Wildman–Crippen LogP) is 12.3. The van der Waals surface area contributed by atoms with Crippen molar-refractivity contribution in [1.82, 2.24) is 0 Å². The normalized spacial score (nSPS) is 13.4. The lowest BCUT2D eigenvalue weighted by Gasteiger charge is -2.11. The smallest absolute Gasteiger partial charge is 0.306 e. The lowest BCUT2D eigenvalue weighted by Crippen LogP contribution is -2.25. The summed E-state index contributed by atoms with van der Waals surface area (Å²) in [4.78, 5) is 23.9. The lowest BCUT2D eigenvalue weighted by molar-refractivity contribution is -0.152. The molecule has 0 saturated heterocycles. The van der Waals surface area contributed by atoms with Gasteiger partial charge in [-0.05, 0) is 89.9 Å². The Labute approximate surface area is 306 Å². The van der Waals surface area contributed by atoms with E-state index in [0.717, 1.165) is 51.4 Å². The Morgan fingerprint density at radius 3 is 1.08 bits per heavy atom. The summed E-state index contributed by atoms with van der Waals surface area (Å²) in [6.07, 6.45) is 57.2. The van der Waals surface area contributed by atoms with Gasteiger partial charge < -0.3 is 14.6 Å². The summed E-state index contributed by atoms with van der Waals surface area (Å²) in [5.41, 5.74) is 0. The van der Waals surface area contributed by atoms with Gasteiger partial charge in [-0.1, -0.05) is 149 Å². The van der Waals surface area contributed by atoms with Crippen molar-refractivity contribution in [2.75, 3.05) is 13.2 Å². The van der Waals surface area contributed by atoms with Crippen molar-refractivity contribution in [2.45, 2.75) is 148 Å². The summed E-state index contributed by atoms with van der Waals surface area (Å²) in [5, 5.41) is 9.99. The molecule has 1 N–H and O–H groups in total. The molecular formula is C45H70O5. The van der Waals surface area contributed by atoms with Gasteiger partial charge in [0.05, 0.1) is 0 Å². The average molecular weight is 691 g/mol. The summed E-state index contributed by atoms with van der Waals surface area (Å²) in [6, 6.07) is 0. The largest absolute Gasteiger partial charge is 0.463 e. The maximum Gasteiger partial charge on any atom is 0.306 e. The molecular weight excluding hydrogens is 620 g/mol. The molecule has 0 aliphatic heterocycles. The number of allylic oxidation sites excluding steroid dienone is 18. The SMILES string of the molecule is CCCCC/C=C\C/C=C\C/C=C\C/C=C\C/C=C\CCC(=O)OC[C@H](O)COC(=O)CCC/C=C\C/C=C\C/C=C\C/C=C\CCCCC. The standard InChI is InChI=1S/C45H70O5/c1-3-5-7-9-11-13-15-17-19-21-22-24-26-28-30-32-34-36-38-40-45(48)50-42-43(46)41-49-44(47)39-37-35-33-31-29-27-25-23-20-18-16-14-12-10-8-6-4-2/h11-14,17-20,22,24-25,27-28,30-31,33-34,36,43,46H,3-10,15-16,21,23,26,29,32,35,37-42H2,1-2H3/b13-11-,14-12-,19-17-,20-18-,24-22-,27-25-,30-28-,33-31-,36-34-/t43-/m1/s1. The number of esters is 2. The Morgan fingerprint density at radius 1 is 0.420 bits per heavy atom. The molecule has 1 atom stereocenters. The Morgan fingerprint density at radius 2 is 0.720 bits per heavy atom. The van der Waals surface area contributed by atoms with Gasteiger partial charge in [0.1, 0.15) is 19.3 Å². The van der Waals surface area contributed by atoms with Crippen molar-refractivity contribution >= 4 is 11.9 Å². The molecule has 0 unspecified atom stereocenters. The van der Waals surface area contributed by atoms with Crippen molar-refractivity contribution in [3.05, 3.63) is 109 Å². The van der Waals surface area contributed by atoms with Crippen LogP contribution in [0, 0.1) is 0 Å². The first-order chi connectivity index (χ1) is 24.6. The third-order valence-electron chi connectivity index (χ3n) is 7.49. The van der Waals surface area contributed by atoms with Crippen LogP contribution in [0.5, 0.6) is 0 Å². The van der Waals surface area contributed by atoms with E-state index >= 15 is 0 Å². The molecule has 5 heteroatoms. The van der Waals surface area contributed by atoms with Crippen LogP contribution in [-0.4, -0.2) is 36.4 Å². The quantitative estimate of drug-likeness (QED) is 0.0421. The number of unbranched alkanes of at least 4 members (excludes halogenated alkanes) is 7. The molecule has 280 valence electrons. The zero-order valence-corrected chi connectivity index (χ0v) is 31.6. The predicted molar refractivity (Wildman–Crippen MR) is 214 cm³/mol. The van der Waals surface area contributed by atoms with E-state index in [1.165, 1.54) is 51.4 Å². The molecule has 0 bridgehead atoms. The lowest BCUT2D eigenvalue weighted by atomic mass is 10.2. The van der Waals surface area contributed by atoms with Crippen LogP contribution in [0.25, 0.3) is 0 Å². The van der Waals surface area contributed by atoms with Crippen LogP contribution in [0.15, 0.2) is 109 Å². The Bertz CT molecular complexity index is 1050. The van der Waals surface area contributed by atoms with Crippen LogP contribution in [0.3, 0.4) is 0 Å². The van der Waals surface area contributed by atoms with E-state index < -0.39 is 6.10 Å². The van der Waals surface area contributed by atoms with Crippen molar-refractivity contribution in [2.24, 2.45) is 0 Å². The van der Waals surface area contributed by atoms with E-state index in [1.54, 1.807) is 0 Å². The number of rotatable bonds is 33. The summed E-state index contributed by atoms with van der Waals surface area (Å²) in [7, 11) is 0. The molecule has 0 heterocycles. The summed E-state index contributed by atoms with van der Waals surface area (Å²) >= 11 is 0. The van der Waals surface area contributed by atoms with Crippen LogP contribution in [0.1, 0.15) is 142 Å². The highest BCUT2D eigenvalue weighted by Crippen LogP contribution is 2.04. The second-order valence-electron chi connectivity index (χ2n) is 12.3. The topological polar surface area (TPSA) is 72.8 Å². The number of carbonyl (C=O) groups is 2. The molecule has 0 radical (unpaired) electrons. The molecule has 0 aromatic heterocycles. The number of hydrogen-bond donors (Lipinski definition) is 1. The number of aliphatic hydroxyl groups is 1. The first-order valence-corrected chi connectivity index (χ1v) is 19.4. The van der Waals surface area contributed by atoms with Crippen LogP contribution < -0.4 is 0 Å². The molecule has 0 spiro atoms. The molecule has 0 aliphatic carbocycles. The minimum Gasteiger partial charge on any atom is -0.463 e. The molecule has 0 aromatic rings. The summed E-state index contributed by atoms with van der Waals surface area (Å²) in [5.74, 6) is -0.734. The van der Waals surface area contributed by atoms with Gasteiger partial charge in [0.25, 0.3) is 0 Å². The fraction of sp³-hybridized carbons (Fsp3) is 0.556. The van der Waals surface area contributed by atoms with Crippen LogP contribution in [0.4, 0.5) is 0 Å². The number of aliphatic hydroxyl groups excluding tert-OH is 1. The van der Waals surface area contributed by atoms with Gasteiger partial charge in [0.2, 0.25) is 0 Å². The van der Waals surface area contributed by atoms with E-state index in [9.17, 15) is 14.7 Å². The Hall–Kier alpha value is -3.44. The molecule has 0 aromatic carbocycles. The van der Waals surface area contributed by atoms with Crippen molar-refractivity contribution in [1.29, 1.82) is 0 Å². The first-order valence-electron chi connectivity index (χ1n) is 19.4. The van der Waals surface area contributed by atoms with Crippen LogP contribution in [0.2, 0.25) is 0 Å². The fourth-order valence-electron chi connectivity index (χ4n) is 4.53. The highest BCUT2D eigenvalue weighted by Gasteiger charge is 2.11. The van der Waals surface area contributed by atoms with Gasteiger partial charge >= 0.3 is 11.9 Å². The maximum absolute atomic E-state index is 11.9. The van der Waals surface area contributed by atoms with E-state index in [4.69, 9.17) is 9.47 Å².